The number of aliphatic carboxylic acids is 1. The molecular formula is C9H7NO4S. The summed E-state index contributed by atoms with van der Waals surface area (Å²) in [5.41, 5.74) is 1.04. The molecule has 0 saturated heterocycles. The van der Waals surface area contributed by atoms with Crippen LogP contribution in [0.15, 0.2) is 27.8 Å². The molecule has 0 aliphatic heterocycles. The molecule has 0 aliphatic carbocycles. The van der Waals surface area contributed by atoms with Gasteiger partial charge in [0.15, 0.2) is 5.58 Å². The molecule has 0 aliphatic rings. The number of fused-ring (bicyclic) bond motifs is 1. The van der Waals surface area contributed by atoms with Gasteiger partial charge in [0, 0.05) is 6.07 Å². The summed E-state index contributed by atoms with van der Waals surface area (Å²) < 4.78 is 5.23. The van der Waals surface area contributed by atoms with E-state index in [1.54, 1.807) is 6.07 Å². The number of phenolic OH excluding ortho intramolecular Hbond substituents is 1. The van der Waals surface area contributed by atoms with E-state index < -0.39 is 5.97 Å². The van der Waals surface area contributed by atoms with Crippen LogP contribution in [0.1, 0.15) is 0 Å². The monoisotopic (exact) mass is 225 g/mol. The third-order valence-electron chi connectivity index (χ3n) is 1.67. The van der Waals surface area contributed by atoms with Gasteiger partial charge >= 0.3 is 5.97 Å². The van der Waals surface area contributed by atoms with Crippen molar-refractivity contribution < 1.29 is 19.4 Å². The number of nitrogens with zero attached hydrogens (tertiary/aromatic N) is 1. The standard InChI is InChI=1S/C9H7NO4S/c11-5-1-2-6-7(3-5)14-9(10-6)15-4-8(12)13/h1-3,11H,4H2,(H,12,13). The van der Waals surface area contributed by atoms with Crippen molar-refractivity contribution in [2.45, 2.75) is 5.22 Å². The first-order valence-electron chi connectivity index (χ1n) is 4.09. The molecule has 2 aromatic rings. The second-order valence-corrected chi connectivity index (χ2v) is 3.74. The number of oxazole rings is 1. The number of carbonyl (C=O) groups is 1. The van der Waals surface area contributed by atoms with Crippen LogP contribution in [0.2, 0.25) is 0 Å². The van der Waals surface area contributed by atoms with E-state index in [1.807, 2.05) is 0 Å². The highest BCUT2D eigenvalue weighted by Gasteiger charge is 2.08. The average Bonchev–Trinajstić information content (AvgIpc) is 2.56. The molecule has 0 amide bonds. The normalized spacial score (nSPS) is 10.7. The molecular weight excluding hydrogens is 218 g/mol. The summed E-state index contributed by atoms with van der Waals surface area (Å²) in [5.74, 6) is -0.933. The van der Waals surface area contributed by atoms with Crippen molar-refractivity contribution in [3.8, 4) is 5.75 Å². The Morgan fingerprint density at radius 3 is 3.07 bits per heavy atom. The predicted octanol–water partition coefficient (Wildman–Crippen LogP) is 1.71. The predicted molar refractivity (Wildman–Crippen MR) is 54.0 cm³/mol. The number of aromatic hydroxyl groups is 1. The van der Waals surface area contributed by atoms with Crippen molar-refractivity contribution >= 4 is 28.8 Å². The molecule has 78 valence electrons. The molecule has 1 aromatic heterocycles. The van der Waals surface area contributed by atoms with Crippen LogP contribution in [0.5, 0.6) is 5.75 Å². The first-order valence-corrected chi connectivity index (χ1v) is 5.08. The number of hydrogen-bond acceptors (Lipinski definition) is 5. The van der Waals surface area contributed by atoms with E-state index in [0.717, 1.165) is 11.8 Å². The molecule has 0 spiro atoms. The van der Waals surface area contributed by atoms with Gasteiger partial charge in [0.2, 0.25) is 0 Å². The van der Waals surface area contributed by atoms with Gasteiger partial charge in [0.25, 0.3) is 5.22 Å². The Balaban J connectivity index is 2.27. The van der Waals surface area contributed by atoms with Crippen LogP contribution in [-0.2, 0) is 4.79 Å². The van der Waals surface area contributed by atoms with Gasteiger partial charge in [-0.25, -0.2) is 4.98 Å². The van der Waals surface area contributed by atoms with E-state index in [4.69, 9.17) is 14.6 Å². The summed E-state index contributed by atoms with van der Waals surface area (Å²) >= 11 is 1.00. The van der Waals surface area contributed by atoms with Crippen LogP contribution in [-0.4, -0.2) is 26.9 Å². The lowest BCUT2D eigenvalue weighted by Gasteiger charge is -1.88. The second kappa shape index (κ2) is 3.82. The van der Waals surface area contributed by atoms with Gasteiger partial charge < -0.3 is 14.6 Å². The zero-order valence-corrected chi connectivity index (χ0v) is 8.32. The lowest BCUT2D eigenvalue weighted by Crippen LogP contribution is -1.97. The highest BCUT2D eigenvalue weighted by atomic mass is 32.2. The highest BCUT2D eigenvalue weighted by Crippen LogP contribution is 2.25. The Morgan fingerprint density at radius 2 is 2.33 bits per heavy atom. The fraction of sp³-hybridized carbons (Fsp3) is 0.111. The fourth-order valence-corrected chi connectivity index (χ4v) is 1.64. The van der Waals surface area contributed by atoms with Crippen molar-refractivity contribution in [1.29, 1.82) is 0 Å². The first kappa shape index (κ1) is 9.85. The topological polar surface area (TPSA) is 83.6 Å². The lowest BCUT2D eigenvalue weighted by atomic mass is 10.3. The van der Waals surface area contributed by atoms with Gasteiger partial charge in [0.1, 0.15) is 17.0 Å². The summed E-state index contributed by atoms with van der Waals surface area (Å²) in [7, 11) is 0. The molecule has 5 nitrogen and oxygen atoms in total. The number of phenols is 1. The summed E-state index contributed by atoms with van der Waals surface area (Å²) in [5, 5.41) is 17.9. The van der Waals surface area contributed by atoms with Crippen LogP contribution < -0.4 is 0 Å². The Labute approximate surface area is 88.7 Å². The van der Waals surface area contributed by atoms with Crippen molar-refractivity contribution in [1.82, 2.24) is 4.98 Å². The van der Waals surface area contributed by atoms with Crippen LogP contribution in [0.3, 0.4) is 0 Å². The minimum absolute atomic E-state index is 0.0911. The van der Waals surface area contributed by atoms with Gasteiger partial charge in [-0.2, -0.15) is 0 Å². The van der Waals surface area contributed by atoms with Crippen molar-refractivity contribution in [2.24, 2.45) is 0 Å². The lowest BCUT2D eigenvalue weighted by molar-refractivity contribution is -0.133. The number of rotatable bonds is 3. The molecule has 15 heavy (non-hydrogen) atoms. The smallest absolute Gasteiger partial charge is 0.314 e. The van der Waals surface area contributed by atoms with E-state index in [-0.39, 0.29) is 16.7 Å². The molecule has 0 saturated carbocycles. The molecule has 2 rings (SSSR count). The van der Waals surface area contributed by atoms with Crippen molar-refractivity contribution in [2.75, 3.05) is 5.75 Å². The number of thioether (sulfide) groups is 1. The Hall–Kier alpha value is -1.69. The van der Waals surface area contributed by atoms with E-state index >= 15 is 0 Å². The minimum Gasteiger partial charge on any atom is -0.508 e. The Kier molecular flexibility index (Phi) is 2.51. The van der Waals surface area contributed by atoms with Crippen molar-refractivity contribution in [3.05, 3.63) is 18.2 Å². The Morgan fingerprint density at radius 1 is 1.53 bits per heavy atom. The fourth-order valence-electron chi connectivity index (χ4n) is 1.08. The summed E-state index contributed by atoms with van der Waals surface area (Å²) in [6, 6.07) is 4.54. The zero-order valence-electron chi connectivity index (χ0n) is 7.51. The van der Waals surface area contributed by atoms with Crippen LogP contribution in [0, 0.1) is 0 Å². The largest absolute Gasteiger partial charge is 0.508 e. The molecule has 0 radical (unpaired) electrons. The number of hydrogen-bond donors (Lipinski definition) is 2. The maximum absolute atomic E-state index is 10.3. The number of aromatic nitrogens is 1. The zero-order chi connectivity index (χ0) is 10.8. The molecule has 0 unspecified atom stereocenters. The second-order valence-electron chi connectivity index (χ2n) is 2.81. The summed E-state index contributed by atoms with van der Waals surface area (Å²) in [6.07, 6.45) is 0. The molecule has 1 heterocycles. The maximum atomic E-state index is 10.3. The molecule has 0 bridgehead atoms. The maximum Gasteiger partial charge on any atom is 0.314 e. The molecule has 6 heteroatoms. The van der Waals surface area contributed by atoms with Gasteiger partial charge in [-0.3, -0.25) is 4.79 Å². The van der Waals surface area contributed by atoms with Gasteiger partial charge in [-0.1, -0.05) is 11.8 Å². The van der Waals surface area contributed by atoms with E-state index in [1.165, 1.54) is 12.1 Å². The number of benzene rings is 1. The first-order chi connectivity index (χ1) is 7.15. The van der Waals surface area contributed by atoms with Crippen LogP contribution >= 0.6 is 11.8 Å². The molecule has 2 N–H and O–H groups in total. The number of carboxylic acids is 1. The summed E-state index contributed by atoms with van der Waals surface area (Å²) in [4.78, 5) is 14.4. The van der Waals surface area contributed by atoms with Gasteiger partial charge in [-0.05, 0) is 12.1 Å². The van der Waals surface area contributed by atoms with Crippen LogP contribution in [0.4, 0.5) is 0 Å². The third-order valence-corrected chi connectivity index (χ3v) is 2.48. The van der Waals surface area contributed by atoms with Crippen molar-refractivity contribution in [3.63, 3.8) is 0 Å². The SMILES string of the molecule is O=C(O)CSc1nc2ccc(O)cc2o1. The molecule has 1 aromatic carbocycles. The Bertz CT molecular complexity index is 508. The molecule has 0 atom stereocenters. The van der Waals surface area contributed by atoms with Gasteiger partial charge in [0.05, 0.1) is 0 Å². The minimum atomic E-state index is -0.926. The van der Waals surface area contributed by atoms with Gasteiger partial charge in [-0.15, -0.1) is 0 Å². The highest BCUT2D eigenvalue weighted by molar-refractivity contribution is 7.99. The van der Waals surface area contributed by atoms with Crippen LogP contribution in [0.25, 0.3) is 11.1 Å². The van der Waals surface area contributed by atoms with E-state index in [0.29, 0.717) is 11.1 Å². The molecule has 0 fully saturated rings. The summed E-state index contributed by atoms with van der Waals surface area (Å²) in [6.45, 7) is 0. The number of carboxylic acid groups (broad SMARTS) is 1. The average molecular weight is 225 g/mol. The third kappa shape index (κ3) is 2.21. The quantitative estimate of drug-likeness (QED) is 0.773. The van der Waals surface area contributed by atoms with E-state index in [2.05, 4.69) is 4.98 Å². The van der Waals surface area contributed by atoms with E-state index in [9.17, 15) is 4.79 Å².